The molecule has 1 N–H and O–H groups in total. The van der Waals surface area contributed by atoms with E-state index in [-0.39, 0.29) is 23.7 Å². The number of ether oxygens (including phenoxy) is 1. The summed E-state index contributed by atoms with van der Waals surface area (Å²) >= 11 is 6.13. The summed E-state index contributed by atoms with van der Waals surface area (Å²) < 4.78 is 22.6. The van der Waals surface area contributed by atoms with E-state index in [0.29, 0.717) is 28.8 Å². The molecule has 1 aliphatic rings. The quantitative estimate of drug-likeness (QED) is 0.431. The lowest BCUT2D eigenvalue weighted by Gasteiger charge is -2.27. The van der Waals surface area contributed by atoms with E-state index in [2.05, 4.69) is 15.0 Å². The number of aromatic nitrogens is 4. The largest absolute Gasteiger partial charge is 0.477 e. The first kappa shape index (κ1) is 22.7. The van der Waals surface area contributed by atoms with Crippen molar-refractivity contribution in [1.29, 1.82) is 0 Å². The van der Waals surface area contributed by atoms with Crippen molar-refractivity contribution in [3.63, 3.8) is 0 Å². The van der Waals surface area contributed by atoms with Crippen LogP contribution in [0.15, 0.2) is 60.0 Å². The molecular formula is C24H19ClFN5O4. The zero-order valence-electron chi connectivity index (χ0n) is 18.3. The molecule has 11 heteroatoms. The second kappa shape index (κ2) is 9.30. The predicted molar refractivity (Wildman–Crippen MR) is 127 cm³/mol. The predicted octanol–water partition coefficient (Wildman–Crippen LogP) is 3.71. The van der Waals surface area contributed by atoms with Gasteiger partial charge in [-0.15, -0.1) is 0 Å². The second-order valence-corrected chi connectivity index (χ2v) is 8.43. The Morgan fingerprint density at radius 3 is 2.86 bits per heavy atom. The highest BCUT2D eigenvalue weighted by atomic mass is 35.5. The topological polar surface area (TPSA) is 110 Å². The van der Waals surface area contributed by atoms with E-state index in [4.69, 9.17) is 16.3 Å². The van der Waals surface area contributed by atoms with Crippen LogP contribution in [0.5, 0.6) is 5.88 Å². The third-order valence-corrected chi connectivity index (χ3v) is 6.21. The van der Waals surface area contributed by atoms with Gasteiger partial charge in [0, 0.05) is 31.3 Å². The maximum atomic E-state index is 15.4. The van der Waals surface area contributed by atoms with Gasteiger partial charge in [-0.3, -0.25) is 14.3 Å². The number of carboxylic acids is 1. The van der Waals surface area contributed by atoms with Gasteiger partial charge in [0.1, 0.15) is 23.0 Å². The van der Waals surface area contributed by atoms with Crippen LogP contribution in [0.3, 0.4) is 0 Å². The number of rotatable bonds is 6. The number of carboxylic acid groups (broad SMARTS) is 1. The van der Waals surface area contributed by atoms with Crippen molar-refractivity contribution in [1.82, 2.24) is 19.5 Å². The summed E-state index contributed by atoms with van der Waals surface area (Å²) in [5.41, 5.74) is -0.675. The molecule has 0 radical (unpaired) electrons. The Morgan fingerprint density at radius 2 is 2.11 bits per heavy atom. The first-order valence-electron chi connectivity index (χ1n) is 10.8. The zero-order chi connectivity index (χ0) is 24.5. The van der Waals surface area contributed by atoms with E-state index in [1.807, 2.05) is 4.90 Å². The van der Waals surface area contributed by atoms with Crippen LogP contribution in [0.25, 0.3) is 16.7 Å². The summed E-state index contributed by atoms with van der Waals surface area (Å²) in [6.07, 6.45) is 8.69. The molecule has 1 aliphatic heterocycles. The van der Waals surface area contributed by atoms with Crippen LogP contribution in [-0.2, 0) is 0 Å². The zero-order valence-corrected chi connectivity index (χ0v) is 19.0. The number of carbonyl (C=O) groups is 1. The van der Waals surface area contributed by atoms with E-state index in [1.54, 1.807) is 24.4 Å². The highest BCUT2D eigenvalue weighted by Gasteiger charge is 2.29. The average Bonchev–Trinajstić information content (AvgIpc) is 3.32. The molecule has 3 aromatic heterocycles. The molecule has 1 aromatic carbocycles. The van der Waals surface area contributed by atoms with Crippen LogP contribution < -0.4 is 15.1 Å². The highest BCUT2D eigenvalue weighted by molar-refractivity contribution is 6.31. The van der Waals surface area contributed by atoms with Gasteiger partial charge in [0.05, 0.1) is 28.8 Å². The minimum absolute atomic E-state index is 0.0657. The molecule has 9 nitrogen and oxygen atoms in total. The fourth-order valence-electron chi connectivity index (χ4n) is 4.29. The fraction of sp³-hybridized carbons (Fsp3) is 0.208. The molecule has 1 atom stereocenters. The standard InChI is InChI=1S/C24H19ClFN5O4/c25-17-4-1-5-29-23(17)35-13-14-3-2-8-30(14)20-10-19-15(9-18(20)26)22(32)16(24(33)34)12-31(19)21-11-27-6-7-28-21/h1,4-7,9-12,14H,2-3,8,13H2,(H,33,34)/t14-/m1/s1. The van der Waals surface area contributed by atoms with Crippen molar-refractivity contribution in [3.8, 4) is 11.7 Å². The third-order valence-electron chi connectivity index (χ3n) is 5.92. The number of benzene rings is 1. The number of halogens is 2. The molecule has 4 aromatic rings. The Morgan fingerprint density at radius 1 is 1.26 bits per heavy atom. The summed E-state index contributed by atoms with van der Waals surface area (Å²) in [6.45, 7) is 0.818. The third kappa shape index (κ3) is 4.28. The SMILES string of the molecule is O=C(O)c1cn(-c2cnccn2)c2cc(N3CCC[C@@H]3COc3ncccc3Cl)c(F)cc2c1=O. The summed E-state index contributed by atoms with van der Waals surface area (Å²) in [5.74, 6) is -1.45. The maximum Gasteiger partial charge on any atom is 0.341 e. The normalized spacial score (nSPS) is 15.5. The minimum Gasteiger partial charge on any atom is -0.477 e. The first-order valence-corrected chi connectivity index (χ1v) is 11.2. The summed E-state index contributed by atoms with van der Waals surface area (Å²) in [6, 6.07) is 5.84. The van der Waals surface area contributed by atoms with E-state index >= 15 is 4.39 Å². The van der Waals surface area contributed by atoms with Gasteiger partial charge in [0.2, 0.25) is 11.3 Å². The molecule has 4 heterocycles. The lowest BCUT2D eigenvalue weighted by Crippen LogP contribution is -2.35. The molecule has 1 fully saturated rings. The van der Waals surface area contributed by atoms with Crippen molar-refractivity contribution in [3.05, 3.63) is 81.9 Å². The van der Waals surface area contributed by atoms with Crippen molar-refractivity contribution >= 4 is 34.2 Å². The number of pyridine rings is 2. The Balaban J connectivity index is 1.58. The molecular weight excluding hydrogens is 477 g/mol. The number of hydrogen-bond donors (Lipinski definition) is 1. The molecule has 0 aliphatic carbocycles. The van der Waals surface area contributed by atoms with Crippen LogP contribution in [0.2, 0.25) is 5.02 Å². The van der Waals surface area contributed by atoms with Gasteiger partial charge in [-0.1, -0.05) is 11.6 Å². The van der Waals surface area contributed by atoms with Crippen LogP contribution in [0, 0.1) is 5.82 Å². The molecule has 1 saturated heterocycles. The molecule has 0 unspecified atom stereocenters. The van der Waals surface area contributed by atoms with Gasteiger partial charge >= 0.3 is 5.97 Å². The Bertz CT molecular complexity index is 1480. The molecule has 35 heavy (non-hydrogen) atoms. The Labute approximate surface area is 203 Å². The molecule has 0 spiro atoms. The van der Waals surface area contributed by atoms with Gasteiger partial charge in [-0.05, 0) is 37.1 Å². The van der Waals surface area contributed by atoms with E-state index in [9.17, 15) is 14.7 Å². The average molecular weight is 496 g/mol. The lowest BCUT2D eigenvalue weighted by molar-refractivity contribution is 0.0695. The summed E-state index contributed by atoms with van der Waals surface area (Å²) in [4.78, 5) is 38.8. The van der Waals surface area contributed by atoms with Crippen LogP contribution in [-0.4, -0.2) is 49.8 Å². The van der Waals surface area contributed by atoms with Crippen molar-refractivity contribution in [2.24, 2.45) is 0 Å². The number of aromatic carboxylic acids is 1. The van der Waals surface area contributed by atoms with Gasteiger partial charge in [0.15, 0.2) is 5.82 Å². The van der Waals surface area contributed by atoms with Gasteiger partial charge in [0.25, 0.3) is 0 Å². The molecule has 178 valence electrons. The van der Waals surface area contributed by atoms with Gasteiger partial charge in [-0.2, -0.15) is 0 Å². The fourth-order valence-corrected chi connectivity index (χ4v) is 4.47. The molecule has 5 rings (SSSR count). The number of hydrogen-bond acceptors (Lipinski definition) is 7. The van der Waals surface area contributed by atoms with Crippen molar-refractivity contribution < 1.29 is 19.0 Å². The number of fused-ring (bicyclic) bond motifs is 1. The highest BCUT2D eigenvalue weighted by Crippen LogP contribution is 2.32. The molecule has 0 amide bonds. The summed E-state index contributed by atoms with van der Waals surface area (Å²) in [7, 11) is 0. The Hall–Kier alpha value is -4.05. The van der Waals surface area contributed by atoms with Crippen LogP contribution >= 0.6 is 11.6 Å². The van der Waals surface area contributed by atoms with E-state index < -0.39 is 22.8 Å². The lowest BCUT2D eigenvalue weighted by atomic mass is 10.1. The minimum atomic E-state index is -1.41. The van der Waals surface area contributed by atoms with Crippen molar-refractivity contribution in [2.45, 2.75) is 18.9 Å². The maximum absolute atomic E-state index is 15.4. The monoisotopic (exact) mass is 495 g/mol. The first-order chi connectivity index (χ1) is 16.9. The smallest absolute Gasteiger partial charge is 0.341 e. The van der Waals surface area contributed by atoms with Gasteiger partial charge in [-0.25, -0.2) is 19.2 Å². The van der Waals surface area contributed by atoms with Gasteiger partial charge < -0.3 is 14.7 Å². The number of nitrogens with zero attached hydrogens (tertiary/aromatic N) is 5. The molecule has 0 saturated carbocycles. The Kier molecular flexibility index (Phi) is 6.04. The van der Waals surface area contributed by atoms with Crippen molar-refractivity contribution in [2.75, 3.05) is 18.1 Å². The van der Waals surface area contributed by atoms with E-state index in [1.165, 1.54) is 29.4 Å². The molecule has 0 bridgehead atoms. The second-order valence-electron chi connectivity index (χ2n) is 8.02. The van der Waals surface area contributed by atoms with E-state index in [0.717, 1.165) is 18.9 Å². The van der Waals surface area contributed by atoms with Crippen LogP contribution in [0.4, 0.5) is 10.1 Å². The number of anilines is 1. The summed E-state index contributed by atoms with van der Waals surface area (Å²) in [5, 5.41) is 9.84. The van der Waals surface area contributed by atoms with Crippen LogP contribution in [0.1, 0.15) is 23.2 Å².